The zero-order valence-electron chi connectivity index (χ0n) is 10.4. The third-order valence-electron chi connectivity index (χ3n) is 3.51. The number of aliphatic hydroxyl groups is 1. The van der Waals surface area contributed by atoms with Crippen molar-refractivity contribution in [2.24, 2.45) is 0 Å². The Labute approximate surface area is 111 Å². The Bertz CT molecular complexity index is 568. The topological polar surface area (TPSA) is 29.5 Å². The Morgan fingerprint density at radius 1 is 1.16 bits per heavy atom. The summed E-state index contributed by atoms with van der Waals surface area (Å²) >= 11 is 0. The first-order chi connectivity index (χ1) is 9.28. The molecule has 0 fully saturated rings. The van der Waals surface area contributed by atoms with Gasteiger partial charge in [0.25, 0.3) is 0 Å². The molecular weight excluding hydrogens is 243 g/mol. The highest BCUT2D eigenvalue weighted by Gasteiger charge is 2.28. The Kier molecular flexibility index (Phi) is 3.22. The van der Waals surface area contributed by atoms with Crippen LogP contribution in [0.1, 0.15) is 29.0 Å². The molecule has 2 nitrogen and oxygen atoms in total. The van der Waals surface area contributed by atoms with Crippen molar-refractivity contribution in [3.05, 3.63) is 65.2 Å². The average molecular weight is 258 g/mol. The van der Waals surface area contributed by atoms with Gasteiger partial charge in [-0.05, 0) is 23.3 Å². The number of ether oxygens (including phenoxy) is 1. The predicted octanol–water partition coefficient (Wildman–Crippen LogP) is 3.39. The zero-order chi connectivity index (χ0) is 13.2. The van der Waals surface area contributed by atoms with E-state index in [9.17, 15) is 9.50 Å². The van der Waals surface area contributed by atoms with E-state index >= 15 is 0 Å². The predicted molar refractivity (Wildman–Crippen MR) is 70.8 cm³/mol. The average Bonchev–Trinajstić information content (AvgIpc) is 2.47. The van der Waals surface area contributed by atoms with Gasteiger partial charge in [0.2, 0.25) is 0 Å². The minimum absolute atomic E-state index is 0.0476. The molecule has 3 rings (SSSR count). The van der Waals surface area contributed by atoms with E-state index in [0.29, 0.717) is 17.7 Å². The maximum Gasteiger partial charge on any atom is 0.198 e. The minimum atomic E-state index is -0.811. The van der Waals surface area contributed by atoms with Crippen LogP contribution in [0, 0.1) is 0 Å². The summed E-state index contributed by atoms with van der Waals surface area (Å²) in [5.41, 5.74) is 2.70. The van der Waals surface area contributed by atoms with E-state index < -0.39 is 13.0 Å². The summed E-state index contributed by atoms with van der Waals surface area (Å²) in [4.78, 5) is 0. The van der Waals surface area contributed by atoms with Gasteiger partial charge in [-0.25, -0.2) is 4.39 Å². The number of fused-ring (bicyclic) bond motifs is 1. The highest BCUT2D eigenvalue weighted by molar-refractivity contribution is 5.45. The molecule has 2 aromatic carbocycles. The van der Waals surface area contributed by atoms with Crippen LogP contribution in [0.25, 0.3) is 0 Å². The van der Waals surface area contributed by atoms with E-state index in [2.05, 4.69) is 0 Å². The van der Waals surface area contributed by atoms with Gasteiger partial charge in [0.15, 0.2) is 6.29 Å². The first kappa shape index (κ1) is 12.2. The molecule has 0 saturated carbocycles. The molecule has 1 N–H and O–H groups in total. The lowest BCUT2D eigenvalue weighted by Gasteiger charge is -2.30. The third kappa shape index (κ3) is 2.34. The summed E-state index contributed by atoms with van der Waals surface area (Å²) in [6, 6.07) is 15.2. The molecule has 0 aromatic heterocycles. The lowest BCUT2D eigenvalue weighted by atomic mass is 9.85. The van der Waals surface area contributed by atoms with E-state index in [1.807, 2.05) is 36.4 Å². The fourth-order valence-corrected chi connectivity index (χ4v) is 2.58. The summed E-state index contributed by atoms with van der Waals surface area (Å²) < 4.78 is 18.2. The Morgan fingerprint density at radius 3 is 2.68 bits per heavy atom. The quantitative estimate of drug-likeness (QED) is 0.894. The third-order valence-corrected chi connectivity index (χ3v) is 3.51. The van der Waals surface area contributed by atoms with Crippen LogP contribution in [0.3, 0.4) is 0 Å². The van der Waals surface area contributed by atoms with Crippen LogP contribution in [0.15, 0.2) is 48.5 Å². The van der Waals surface area contributed by atoms with Gasteiger partial charge < -0.3 is 9.84 Å². The largest absolute Gasteiger partial charge is 0.465 e. The molecule has 3 heteroatoms. The zero-order valence-corrected chi connectivity index (χ0v) is 10.4. The summed E-state index contributed by atoms with van der Waals surface area (Å²) in [6.07, 6.45) is -0.318. The first-order valence-corrected chi connectivity index (χ1v) is 6.36. The van der Waals surface area contributed by atoms with Crippen molar-refractivity contribution in [2.75, 3.05) is 0 Å². The lowest BCUT2D eigenvalue weighted by molar-refractivity contribution is -0.0359. The Morgan fingerprint density at radius 2 is 1.95 bits per heavy atom. The van der Waals surface area contributed by atoms with E-state index in [0.717, 1.165) is 11.1 Å². The number of alkyl halides is 1. The number of hydrogen-bond donors (Lipinski definition) is 1. The molecule has 0 bridgehead atoms. The molecule has 0 saturated heterocycles. The number of benzene rings is 2. The van der Waals surface area contributed by atoms with Crippen LogP contribution in [-0.4, -0.2) is 11.4 Å². The van der Waals surface area contributed by atoms with Crippen LogP contribution >= 0.6 is 0 Å². The van der Waals surface area contributed by atoms with Gasteiger partial charge in [0.1, 0.15) is 12.4 Å². The van der Waals surface area contributed by atoms with Crippen molar-refractivity contribution in [3.63, 3.8) is 0 Å². The maximum atomic E-state index is 12.8. The van der Waals surface area contributed by atoms with Crippen molar-refractivity contribution in [2.45, 2.75) is 25.3 Å². The number of aliphatic hydroxyl groups excluding tert-OH is 1. The molecule has 1 unspecified atom stereocenters. The lowest BCUT2D eigenvalue weighted by Crippen LogP contribution is -2.25. The fourth-order valence-electron chi connectivity index (χ4n) is 2.58. The highest BCUT2D eigenvalue weighted by Crippen LogP contribution is 2.40. The van der Waals surface area contributed by atoms with Gasteiger partial charge in [-0.2, -0.15) is 0 Å². The molecular formula is C16H15FO2. The van der Waals surface area contributed by atoms with Crippen molar-refractivity contribution >= 4 is 0 Å². The van der Waals surface area contributed by atoms with Gasteiger partial charge >= 0.3 is 0 Å². The van der Waals surface area contributed by atoms with Gasteiger partial charge in [-0.15, -0.1) is 0 Å². The van der Waals surface area contributed by atoms with Gasteiger partial charge in [0, 0.05) is 17.9 Å². The molecule has 1 aliphatic heterocycles. The highest BCUT2D eigenvalue weighted by atomic mass is 19.1. The number of halogens is 1. The van der Waals surface area contributed by atoms with Crippen LogP contribution in [-0.2, 0) is 6.67 Å². The molecule has 2 aromatic rings. The van der Waals surface area contributed by atoms with Crippen LogP contribution in [0.5, 0.6) is 5.75 Å². The summed E-state index contributed by atoms with van der Waals surface area (Å²) in [5.74, 6) is 0.691. The molecule has 2 atom stereocenters. The van der Waals surface area contributed by atoms with Gasteiger partial charge in [-0.3, -0.25) is 0 Å². The summed E-state index contributed by atoms with van der Waals surface area (Å²) in [6.45, 7) is -0.489. The van der Waals surface area contributed by atoms with E-state index in [1.165, 1.54) is 0 Å². The normalized spacial score (nSPS) is 21.6. The second kappa shape index (κ2) is 5.02. The van der Waals surface area contributed by atoms with Gasteiger partial charge in [0.05, 0.1) is 0 Å². The number of hydrogen-bond acceptors (Lipinski definition) is 2. The summed E-state index contributed by atoms with van der Waals surface area (Å²) in [5, 5.41) is 9.82. The molecule has 0 spiro atoms. The van der Waals surface area contributed by atoms with Crippen LogP contribution < -0.4 is 4.74 Å². The molecule has 98 valence electrons. The molecule has 0 aliphatic carbocycles. The monoisotopic (exact) mass is 258 g/mol. The molecule has 1 heterocycles. The van der Waals surface area contributed by atoms with E-state index in [-0.39, 0.29) is 5.92 Å². The van der Waals surface area contributed by atoms with Crippen molar-refractivity contribution in [3.8, 4) is 5.75 Å². The van der Waals surface area contributed by atoms with E-state index in [1.54, 1.807) is 12.1 Å². The summed E-state index contributed by atoms with van der Waals surface area (Å²) in [7, 11) is 0. The Hall–Kier alpha value is -1.87. The van der Waals surface area contributed by atoms with Crippen molar-refractivity contribution in [1.29, 1.82) is 0 Å². The second-order valence-corrected chi connectivity index (χ2v) is 4.78. The SMILES string of the molecule is OC1C[C@H](c2ccccc2)c2cc(CF)ccc2O1. The van der Waals surface area contributed by atoms with E-state index in [4.69, 9.17) is 4.74 Å². The van der Waals surface area contributed by atoms with Crippen molar-refractivity contribution < 1.29 is 14.2 Å². The van der Waals surface area contributed by atoms with Gasteiger partial charge in [-0.1, -0.05) is 36.4 Å². The number of rotatable bonds is 2. The van der Waals surface area contributed by atoms with Crippen LogP contribution in [0.2, 0.25) is 0 Å². The Balaban J connectivity index is 2.07. The standard InChI is InChI=1S/C16H15FO2/c17-10-11-6-7-15-14(8-11)13(9-16(18)19-15)12-4-2-1-3-5-12/h1-8,13,16,18H,9-10H2/t13-,16?/m1/s1. The fraction of sp³-hybridized carbons (Fsp3) is 0.250. The van der Waals surface area contributed by atoms with Crippen LogP contribution in [0.4, 0.5) is 4.39 Å². The maximum absolute atomic E-state index is 12.8. The molecule has 0 radical (unpaired) electrons. The first-order valence-electron chi connectivity index (χ1n) is 6.36. The molecule has 1 aliphatic rings. The second-order valence-electron chi connectivity index (χ2n) is 4.78. The molecule has 19 heavy (non-hydrogen) atoms. The van der Waals surface area contributed by atoms with Crippen molar-refractivity contribution in [1.82, 2.24) is 0 Å². The smallest absolute Gasteiger partial charge is 0.198 e. The molecule has 0 amide bonds. The minimum Gasteiger partial charge on any atom is -0.465 e.